The van der Waals surface area contributed by atoms with Gasteiger partial charge in [0.15, 0.2) is 0 Å². The number of hydrogen-bond donors (Lipinski definition) is 2. The highest BCUT2D eigenvalue weighted by Crippen LogP contribution is 2.54. The average Bonchev–Trinajstić information content (AvgIpc) is 2.92. The average molecular weight is 347 g/mol. The Hall–Kier alpha value is -1.11. The minimum atomic E-state index is -1.29. The number of alkyl halides is 1. The van der Waals surface area contributed by atoms with Gasteiger partial charge in [0.25, 0.3) is 5.91 Å². The van der Waals surface area contributed by atoms with Gasteiger partial charge in [-0.2, -0.15) is 0 Å². The number of rotatable bonds is 3. The molecule has 2 bridgehead atoms. The first-order valence-electron chi connectivity index (χ1n) is 6.68. The third-order valence-corrected chi connectivity index (χ3v) is 4.74. The third-order valence-electron chi connectivity index (χ3n) is 4.40. The molecule has 0 radical (unpaired) electrons. The van der Waals surface area contributed by atoms with Gasteiger partial charge in [0, 0.05) is 5.41 Å². The molecule has 3 atom stereocenters. The zero-order valence-electron chi connectivity index (χ0n) is 11.6. The largest absolute Gasteiger partial charge is 0.464 e. The van der Waals surface area contributed by atoms with E-state index in [1.54, 1.807) is 13.8 Å². The van der Waals surface area contributed by atoms with Crippen LogP contribution < -0.4 is 5.43 Å². The predicted octanol–water partition coefficient (Wildman–Crippen LogP) is 1.93. The molecule has 0 heterocycles. The minimum Gasteiger partial charge on any atom is -0.464 e. The molecule has 112 valence electrons. The summed E-state index contributed by atoms with van der Waals surface area (Å²) >= 11 is 3.26. The highest BCUT2D eigenvalue weighted by molar-refractivity contribution is 9.10. The summed E-state index contributed by atoms with van der Waals surface area (Å²) in [7, 11) is 0. The lowest BCUT2D eigenvalue weighted by atomic mass is 9.80. The number of halogens is 1. The summed E-state index contributed by atoms with van der Waals surface area (Å²) in [6.07, 6.45) is 2.74. The van der Waals surface area contributed by atoms with Crippen molar-refractivity contribution in [2.45, 2.75) is 49.9 Å². The Bertz CT molecular complexity index is 448. The molecule has 20 heavy (non-hydrogen) atoms. The van der Waals surface area contributed by atoms with Crippen molar-refractivity contribution in [2.24, 2.45) is 11.3 Å². The van der Waals surface area contributed by atoms with Crippen LogP contribution in [0.4, 0.5) is 4.79 Å². The molecule has 3 unspecified atom stereocenters. The summed E-state index contributed by atoms with van der Waals surface area (Å²) in [4.78, 5) is 35.0. The molecular weight excluding hydrogens is 328 g/mol. The SMILES string of the molecule is CC(C)(Br)C(=O)N(NC(=O)O)C1CC2CCC1(C=O)C2. The van der Waals surface area contributed by atoms with E-state index >= 15 is 0 Å². The van der Waals surface area contributed by atoms with Crippen LogP contribution in [0.3, 0.4) is 0 Å². The van der Waals surface area contributed by atoms with E-state index in [0.29, 0.717) is 12.3 Å². The highest BCUT2D eigenvalue weighted by atomic mass is 79.9. The Kier molecular flexibility index (Phi) is 3.83. The number of carbonyl (C=O) groups excluding carboxylic acids is 2. The summed E-state index contributed by atoms with van der Waals surface area (Å²) in [6.45, 7) is 3.32. The van der Waals surface area contributed by atoms with Gasteiger partial charge >= 0.3 is 6.09 Å². The number of hydrazine groups is 1. The molecule has 0 aliphatic heterocycles. The Labute approximate surface area is 126 Å². The first kappa shape index (κ1) is 15.3. The highest BCUT2D eigenvalue weighted by Gasteiger charge is 2.56. The van der Waals surface area contributed by atoms with Gasteiger partial charge in [-0.3, -0.25) is 4.79 Å². The van der Waals surface area contributed by atoms with E-state index in [4.69, 9.17) is 5.11 Å². The second-order valence-electron chi connectivity index (χ2n) is 6.28. The van der Waals surface area contributed by atoms with Crippen LogP contribution in [0.1, 0.15) is 39.5 Å². The number of carbonyl (C=O) groups is 3. The number of amides is 2. The standard InChI is InChI=1S/C13H19BrN2O4/c1-12(2,14)10(18)16(15-11(19)20)9-5-8-3-4-13(9,6-8)7-17/h7-9,15H,3-6H2,1-2H3,(H,19,20). The lowest BCUT2D eigenvalue weighted by Gasteiger charge is -2.40. The first-order valence-corrected chi connectivity index (χ1v) is 7.47. The fourth-order valence-electron chi connectivity index (χ4n) is 3.48. The molecule has 7 heteroatoms. The third kappa shape index (κ3) is 2.55. The normalized spacial score (nSPS) is 31.9. The molecule has 2 fully saturated rings. The molecule has 2 aliphatic rings. The summed E-state index contributed by atoms with van der Waals surface area (Å²) in [5, 5.41) is 10.1. The van der Waals surface area contributed by atoms with E-state index in [2.05, 4.69) is 21.4 Å². The van der Waals surface area contributed by atoms with E-state index in [0.717, 1.165) is 30.6 Å². The maximum absolute atomic E-state index is 12.5. The van der Waals surface area contributed by atoms with E-state index in [1.807, 2.05) is 0 Å². The molecule has 0 aromatic carbocycles. The predicted molar refractivity (Wildman–Crippen MR) is 75.3 cm³/mol. The molecule has 0 saturated heterocycles. The fourth-order valence-corrected chi connectivity index (χ4v) is 3.67. The van der Waals surface area contributed by atoms with E-state index in [-0.39, 0.29) is 11.9 Å². The number of aldehydes is 1. The minimum absolute atomic E-state index is 0.376. The van der Waals surface area contributed by atoms with E-state index < -0.39 is 15.8 Å². The van der Waals surface area contributed by atoms with E-state index in [1.165, 1.54) is 0 Å². The first-order chi connectivity index (χ1) is 9.19. The summed E-state index contributed by atoms with van der Waals surface area (Å²) in [5.74, 6) is 0.0215. The smallest absolute Gasteiger partial charge is 0.423 e. The molecule has 0 aromatic heterocycles. The van der Waals surface area contributed by atoms with Gasteiger partial charge < -0.3 is 9.90 Å². The second-order valence-corrected chi connectivity index (χ2v) is 8.26. The number of nitrogens with zero attached hydrogens (tertiary/aromatic N) is 1. The summed E-state index contributed by atoms with van der Waals surface area (Å²) < 4.78 is -0.888. The van der Waals surface area contributed by atoms with Crippen LogP contribution in [-0.4, -0.2) is 38.8 Å². The van der Waals surface area contributed by atoms with E-state index in [9.17, 15) is 14.4 Å². The Morgan fingerprint density at radius 3 is 2.60 bits per heavy atom. The number of carboxylic acid groups (broad SMARTS) is 1. The molecule has 2 N–H and O–H groups in total. The van der Waals surface area contributed by atoms with Gasteiger partial charge in [-0.25, -0.2) is 15.2 Å². The monoisotopic (exact) mass is 346 g/mol. The number of hydrogen-bond acceptors (Lipinski definition) is 3. The molecular formula is C13H19BrN2O4. The zero-order valence-corrected chi connectivity index (χ0v) is 13.1. The van der Waals surface area contributed by atoms with Crippen LogP contribution in [0.15, 0.2) is 0 Å². The van der Waals surface area contributed by atoms with Crippen LogP contribution in [0.2, 0.25) is 0 Å². The Balaban J connectivity index is 2.30. The van der Waals surface area contributed by atoms with Crippen LogP contribution in [0, 0.1) is 11.3 Å². The Morgan fingerprint density at radius 1 is 1.50 bits per heavy atom. The van der Waals surface area contributed by atoms with Gasteiger partial charge in [-0.1, -0.05) is 15.9 Å². The molecule has 2 rings (SSSR count). The van der Waals surface area contributed by atoms with Gasteiger partial charge in [-0.05, 0) is 45.4 Å². The number of fused-ring (bicyclic) bond motifs is 2. The van der Waals surface area contributed by atoms with Crippen LogP contribution in [0.5, 0.6) is 0 Å². The number of nitrogens with one attached hydrogen (secondary N) is 1. The van der Waals surface area contributed by atoms with Crippen LogP contribution in [0.25, 0.3) is 0 Å². The lowest BCUT2D eigenvalue weighted by molar-refractivity contribution is -0.143. The van der Waals surface area contributed by atoms with Crippen LogP contribution >= 0.6 is 15.9 Å². The van der Waals surface area contributed by atoms with Gasteiger partial charge in [0.05, 0.1) is 6.04 Å². The van der Waals surface area contributed by atoms with Gasteiger partial charge in [0.1, 0.15) is 10.6 Å². The van der Waals surface area contributed by atoms with Crippen molar-refractivity contribution >= 4 is 34.2 Å². The van der Waals surface area contributed by atoms with Crippen molar-refractivity contribution in [3.8, 4) is 0 Å². The zero-order chi connectivity index (χ0) is 15.1. The van der Waals surface area contributed by atoms with Crippen LogP contribution in [-0.2, 0) is 9.59 Å². The molecule has 2 saturated carbocycles. The molecule has 0 spiro atoms. The van der Waals surface area contributed by atoms with Crippen molar-refractivity contribution in [2.75, 3.05) is 0 Å². The second kappa shape index (κ2) is 5.02. The maximum atomic E-state index is 12.5. The van der Waals surface area contributed by atoms with Crippen molar-refractivity contribution in [1.82, 2.24) is 10.4 Å². The maximum Gasteiger partial charge on any atom is 0.423 e. The topological polar surface area (TPSA) is 86.7 Å². The summed E-state index contributed by atoms with van der Waals surface area (Å²) in [6, 6.07) is -0.390. The van der Waals surface area contributed by atoms with Crippen molar-refractivity contribution in [1.29, 1.82) is 0 Å². The lowest BCUT2D eigenvalue weighted by Crippen LogP contribution is -2.60. The van der Waals surface area contributed by atoms with Crippen molar-refractivity contribution in [3.63, 3.8) is 0 Å². The van der Waals surface area contributed by atoms with Gasteiger partial charge in [-0.15, -0.1) is 0 Å². The molecule has 6 nitrogen and oxygen atoms in total. The van der Waals surface area contributed by atoms with Crippen molar-refractivity contribution < 1.29 is 19.5 Å². The fraction of sp³-hybridized carbons (Fsp3) is 0.769. The molecule has 0 aromatic rings. The quantitative estimate of drug-likeness (QED) is 0.464. The molecule has 2 amide bonds. The van der Waals surface area contributed by atoms with Gasteiger partial charge in [0.2, 0.25) is 0 Å². The Morgan fingerprint density at radius 2 is 2.15 bits per heavy atom. The molecule has 2 aliphatic carbocycles. The summed E-state index contributed by atoms with van der Waals surface area (Å²) in [5.41, 5.74) is 1.59. The van der Waals surface area contributed by atoms with Crippen molar-refractivity contribution in [3.05, 3.63) is 0 Å².